The predicted octanol–water partition coefficient (Wildman–Crippen LogP) is 3.10. The van der Waals surface area contributed by atoms with Crippen LogP contribution in [0.4, 0.5) is 0 Å². The Balaban J connectivity index is 2.15. The summed E-state index contributed by atoms with van der Waals surface area (Å²) in [5.74, 6) is 0.640. The summed E-state index contributed by atoms with van der Waals surface area (Å²) in [6, 6.07) is 5.13. The fraction of sp³-hybridized carbons (Fsp3) is 0.167. The van der Waals surface area contributed by atoms with Crippen molar-refractivity contribution in [3.8, 4) is 0 Å². The van der Waals surface area contributed by atoms with E-state index >= 15 is 0 Å². The lowest BCUT2D eigenvalue weighted by Gasteiger charge is -2.16. The maximum absolute atomic E-state index is 12.2. The van der Waals surface area contributed by atoms with E-state index in [9.17, 15) is 4.79 Å². The molecular weight excluding hydrogens is 318 g/mol. The first-order valence-corrected chi connectivity index (χ1v) is 6.43. The summed E-state index contributed by atoms with van der Waals surface area (Å²) in [6.45, 7) is 0.427. The van der Waals surface area contributed by atoms with Crippen LogP contribution in [0.5, 0.6) is 0 Å². The number of carbonyl (C=O) groups is 1. The van der Waals surface area contributed by atoms with Crippen LogP contribution in [0.1, 0.15) is 16.2 Å². The molecule has 94 valence electrons. The molecule has 0 aliphatic heterocycles. The molecule has 2 rings (SSSR count). The van der Waals surface area contributed by atoms with Gasteiger partial charge in [0.15, 0.2) is 0 Å². The lowest BCUT2D eigenvalue weighted by Crippen LogP contribution is -2.26. The Kier molecular flexibility index (Phi) is 4.04. The number of benzene rings is 1. The van der Waals surface area contributed by atoms with Crippen LogP contribution in [0.2, 0.25) is 5.02 Å². The van der Waals surface area contributed by atoms with Crippen LogP contribution in [-0.2, 0) is 6.54 Å². The van der Waals surface area contributed by atoms with Crippen LogP contribution < -0.4 is 0 Å². The molecule has 0 unspecified atom stereocenters. The van der Waals surface area contributed by atoms with Gasteiger partial charge < -0.3 is 9.88 Å². The molecular formula is C12H11BrClN3O. The minimum absolute atomic E-state index is 0.102. The summed E-state index contributed by atoms with van der Waals surface area (Å²) in [5, 5.41) is 0.527. The molecule has 1 aromatic carbocycles. The SMILES string of the molecule is CN(Cc1ncc[nH]1)C(=O)c1cc(Cl)cc(Br)c1. The maximum atomic E-state index is 12.2. The van der Waals surface area contributed by atoms with E-state index in [2.05, 4.69) is 25.9 Å². The summed E-state index contributed by atoms with van der Waals surface area (Å²) < 4.78 is 0.782. The van der Waals surface area contributed by atoms with Crippen molar-refractivity contribution in [1.82, 2.24) is 14.9 Å². The zero-order valence-electron chi connectivity index (χ0n) is 9.65. The van der Waals surface area contributed by atoms with Crippen LogP contribution in [0.15, 0.2) is 35.1 Å². The second-order valence-corrected chi connectivity index (χ2v) is 5.21. The summed E-state index contributed by atoms with van der Waals surface area (Å²) in [4.78, 5) is 20.8. The first-order valence-electron chi connectivity index (χ1n) is 5.26. The van der Waals surface area contributed by atoms with Gasteiger partial charge in [-0.15, -0.1) is 0 Å². The van der Waals surface area contributed by atoms with Crippen LogP contribution in [0.3, 0.4) is 0 Å². The topological polar surface area (TPSA) is 49.0 Å². The second-order valence-electron chi connectivity index (χ2n) is 3.86. The molecule has 0 spiro atoms. The standard InChI is InChI=1S/C12H11BrClN3O/c1-17(7-11-15-2-3-16-11)12(18)8-4-9(13)6-10(14)5-8/h2-6H,7H2,1H3,(H,15,16). The lowest BCUT2D eigenvalue weighted by molar-refractivity contribution is 0.0782. The minimum atomic E-state index is -0.102. The smallest absolute Gasteiger partial charge is 0.254 e. The largest absolute Gasteiger partial charge is 0.347 e. The summed E-state index contributed by atoms with van der Waals surface area (Å²) >= 11 is 9.24. The highest BCUT2D eigenvalue weighted by molar-refractivity contribution is 9.10. The number of aromatic amines is 1. The molecule has 0 aliphatic carbocycles. The van der Waals surface area contributed by atoms with Crippen molar-refractivity contribution in [2.45, 2.75) is 6.54 Å². The number of H-pyrrole nitrogens is 1. The Morgan fingerprint density at radius 2 is 2.28 bits per heavy atom. The molecule has 2 aromatic rings. The zero-order chi connectivity index (χ0) is 13.1. The van der Waals surface area contributed by atoms with Crippen molar-refractivity contribution >= 4 is 33.4 Å². The third-order valence-electron chi connectivity index (χ3n) is 2.40. The predicted molar refractivity (Wildman–Crippen MR) is 73.5 cm³/mol. The molecule has 6 heteroatoms. The summed E-state index contributed by atoms with van der Waals surface area (Å²) in [6.07, 6.45) is 3.38. The molecule has 0 atom stereocenters. The average molecular weight is 329 g/mol. The van der Waals surface area contributed by atoms with Crippen molar-refractivity contribution in [3.63, 3.8) is 0 Å². The molecule has 0 bridgehead atoms. The van der Waals surface area contributed by atoms with Crippen LogP contribution >= 0.6 is 27.5 Å². The molecule has 0 fully saturated rings. The highest BCUT2D eigenvalue weighted by Crippen LogP contribution is 2.20. The number of imidazole rings is 1. The van der Waals surface area contributed by atoms with Crippen LogP contribution in [-0.4, -0.2) is 27.8 Å². The first kappa shape index (κ1) is 13.1. The van der Waals surface area contributed by atoms with Gasteiger partial charge >= 0.3 is 0 Å². The van der Waals surface area contributed by atoms with Crippen molar-refractivity contribution < 1.29 is 4.79 Å². The Hall–Kier alpha value is -1.33. The highest BCUT2D eigenvalue weighted by Gasteiger charge is 2.14. The third-order valence-corrected chi connectivity index (χ3v) is 3.07. The zero-order valence-corrected chi connectivity index (χ0v) is 12.0. The van der Waals surface area contributed by atoms with Crippen LogP contribution in [0.25, 0.3) is 0 Å². The fourth-order valence-corrected chi connectivity index (χ4v) is 2.44. The van der Waals surface area contributed by atoms with Gasteiger partial charge in [0, 0.05) is 34.5 Å². The van der Waals surface area contributed by atoms with E-state index in [0.29, 0.717) is 17.1 Å². The Bertz CT molecular complexity index is 536. The summed E-state index contributed by atoms with van der Waals surface area (Å²) in [7, 11) is 1.72. The second kappa shape index (κ2) is 5.54. The summed E-state index contributed by atoms with van der Waals surface area (Å²) in [5.41, 5.74) is 0.545. The Labute approximate surface area is 118 Å². The van der Waals surface area contributed by atoms with Crippen molar-refractivity contribution in [3.05, 3.63) is 51.5 Å². The number of amides is 1. The average Bonchev–Trinajstić information content (AvgIpc) is 2.79. The molecule has 0 radical (unpaired) electrons. The highest BCUT2D eigenvalue weighted by atomic mass is 79.9. The van der Waals surface area contributed by atoms with Crippen molar-refractivity contribution in [1.29, 1.82) is 0 Å². The number of hydrogen-bond donors (Lipinski definition) is 1. The van der Waals surface area contributed by atoms with Gasteiger partial charge in [-0.2, -0.15) is 0 Å². The normalized spacial score (nSPS) is 10.4. The molecule has 1 aromatic heterocycles. The van der Waals surface area contributed by atoms with E-state index in [4.69, 9.17) is 11.6 Å². The monoisotopic (exact) mass is 327 g/mol. The van der Waals surface area contributed by atoms with E-state index in [1.54, 1.807) is 42.5 Å². The lowest BCUT2D eigenvalue weighted by atomic mass is 10.2. The van der Waals surface area contributed by atoms with E-state index in [1.807, 2.05) is 0 Å². The number of rotatable bonds is 3. The fourth-order valence-electron chi connectivity index (χ4n) is 1.58. The maximum Gasteiger partial charge on any atom is 0.254 e. The first-order chi connectivity index (χ1) is 8.56. The number of carbonyl (C=O) groups excluding carboxylic acids is 1. The van der Waals surface area contributed by atoms with Gasteiger partial charge in [-0.3, -0.25) is 4.79 Å². The number of halogens is 2. The Morgan fingerprint density at radius 3 is 2.89 bits per heavy atom. The third kappa shape index (κ3) is 3.11. The van der Waals surface area contributed by atoms with E-state index in [1.165, 1.54) is 0 Å². The van der Waals surface area contributed by atoms with Gasteiger partial charge in [0.05, 0.1) is 6.54 Å². The quantitative estimate of drug-likeness (QED) is 0.941. The van der Waals surface area contributed by atoms with Crippen LogP contribution in [0, 0.1) is 0 Å². The van der Waals surface area contributed by atoms with Gasteiger partial charge in [0.1, 0.15) is 5.82 Å². The van der Waals surface area contributed by atoms with E-state index in [0.717, 1.165) is 10.3 Å². The van der Waals surface area contributed by atoms with Gasteiger partial charge in [-0.05, 0) is 18.2 Å². The molecule has 1 amide bonds. The molecule has 0 aliphatic rings. The molecule has 1 N–H and O–H groups in total. The molecule has 0 saturated heterocycles. The number of aromatic nitrogens is 2. The number of hydrogen-bond acceptors (Lipinski definition) is 2. The van der Waals surface area contributed by atoms with Crippen molar-refractivity contribution in [2.24, 2.45) is 0 Å². The molecule has 4 nitrogen and oxygen atoms in total. The molecule has 1 heterocycles. The van der Waals surface area contributed by atoms with Gasteiger partial charge in [0.2, 0.25) is 0 Å². The molecule has 0 saturated carbocycles. The Morgan fingerprint density at radius 1 is 1.50 bits per heavy atom. The van der Waals surface area contributed by atoms with Gasteiger partial charge in [-0.1, -0.05) is 27.5 Å². The molecule has 18 heavy (non-hydrogen) atoms. The van der Waals surface area contributed by atoms with Crippen molar-refractivity contribution in [2.75, 3.05) is 7.05 Å². The number of nitrogens with one attached hydrogen (secondary N) is 1. The van der Waals surface area contributed by atoms with E-state index < -0.39 is 0 Å². The van der Waals surface area contributed by atoms with E-state index in [-0.39, 0.29) is 5.91 Å². The number of nitrogens with zero attached hydrogens (tertiary/aromatic N) is 2. The van der Waals surface area contributed by atoms with Gasteiger partial charge in [0.25, 0.3) is 5.91 Å². The van der Waals surface area contributed by atoms with Gasteiger partial charge in [-0.25, -0.2) is 4.98 Å². The minimum Gasteiger partial charge on any atom is -0.347 e.